The number of nitrogens with zero attached hydrogens (tertiary/aromatic N) is 1. The first-order chi connectivity index (χ1) is 20.6. The quantitative estimate of drug-likeness (QED) is 0.185. The van der Waals surface area contributed by atoms with Crippen molar-refractivity contribution in [1.82, 2.24) is 0 Å². The molecule has 4 rings (SSSR count). The number of allylic oxidation sites excluding steroid dienone is 1. The third kappa shape index (κ3) is 8.81. The number of benzene rings is 2. The van der Waals surface area contributed by atoms with E-state index in [2.05, 4.69) is 51.0 Å². The van der Waals surface area contributed by atoms with E-state index in [0.717, 1.165) is 68.1 Å². The van der Waals surface area contributed by atoms with E-state index < -0.39 is 5.91 Å². The van der Waals surface area contributed by atoms with Crippen LogP contribution in [0, 0.1) is 11.8 Å². The third-order valence-corrected chi connectivity index (χ3v) is 10.3. The van der Waals surface area contributed by atoms with Crippen LogP contribution in [0.1, 0.15) is 74.4 Å². The van der Waals surface area contributed by atoms with Crippen LogP contribution in [0.4, 0.5) is 5.69 Å². The van der Waals surface area contributed by atoms with Gasteiger partial charge in [-0.25, -0.2) is 0 Å². The molecule has 0 saturated heterocycles. The molecule has 5 atom stereocenters. The van der Waals surface area contributed by atoms with Crippen molar-refractivity contribution in [2.24, 2.45) is 22.7 Å². The number of primary amides is 1. The summed E-state index contributed by atoms with van der Waals surface area (Å²) in [4.78, 5) is 14.4. The Morgan fingerprint density at radius 3 is 2.65 bits per heavy atom. The highest BCUT2D eigenvalue weighted by Gasteiger charge is 2.42. The van der Waals surface area contributed by atoms with Gasteiger partial charge in [0, 0.05) is 41.5 Å². The van der Waals surface area contributed by atoms with E-state index in [9.17, 15) is 4.79 Å². The molecule has 4 N–H and O–H groups in total. The smallest absolute Gasteiger partial charge is 0.248 e. The molecule has 2 aromatic carbocycles. The highest BCUT2D eigenvalue weighted by Crippen LogP contribution is 2.44. The average Bonchev–Trinajstić information content (AvgIpc) is 3.16. The minimum Gasteiger partial charge on any atom is -0.490 e. The Morgan fingerprint density at radius 1 is 1.26 bits per heavy atom. The van der Waals surface area contributed by atoms with E-state index in [0.29, 0.717) is 29.3 Å². The van der Waals surface area contributed by atoms with Gasteiger partial charge in [0.1, 0.15) is 5.75 Å². The standard InChI is InChI=1S/C28H35ClN2O3.C7H15NS/c1-4-19(25(5-2)33-3)12-14-31-17-28(13-6-7-20-15-22(29)9-10-23(20)28)18-34-26-11-8-21(27(30)32)16-24(26)31;1-4-5-6(2)7(3)9-8/h5,8-11,15-16,19,25H,2,4,6-7,12-14,17-18H2,1,3H3,(H2,30,32);4,6-7H,1,5,8H2,2-3H3/t19-,25+,28+;6-,7+/m10/s1. The Kier molecular flexibility index (Phi) is 13.5. The minimum atomic E-state index is -0.433. The van der Waals surface area contributed by atoms with Gasteiger partial charge in [0.05, 0.1) is 18.4 Å². The van der Waals surface area contributed by atoms with E-state index in [1.165, 1.54) is 23.1 Å². The minimum absolute atomic E-state index is 0.0103. The van der Waals surface area contributed by atoms with Crippen molar-refractivity contribution >= 4 is 35.1 Å². The molecule has 0 bridgehead atoms. The lowest BCUT2D eigenvalue weighted by atomic mass is 9.70. The number of carbonyl (C=O) groups excluding carboxylic acids is 1. The van der Waals surface area contributed by atoms with Crippen LogP contribution in [0.25, 0.3) is 0 Å². The maximum absolute atomic E-state index is 12.0. The molecular weight excluding hydrogens is 578 g/mol. The molecule has 2 aliphatic rings. The molecule has 1 aliphatic carbocycles. The van der Waals surface area contributed by atoms with E-state index in [1.54, 1.807) is 13.2 Å². The lowest BCUT2D eigenvalue weighted by molar-refractivity contribution is 0.0845. The molecule has 0 fully saturated rings. The number of rotatable bonds is 12. The zero-order chi connectivity index (χ0) is 31.6. The van der Waals surface area contributed by atoms with Crippen LogP contribution in [-0.2, 0) is 16.6 Å². The van der Waals surface area contributed by atoms with Gasteiger partial charge in [-0.15, -0.1) is 13.2 Å². The third-order valence-electron chi connectivity index (χ3n) is 9.14. The molecule has 0 aromatic heterocycles. The second-order valence-electron chi connectivity index (χ2n) is 11.9. The van der Waals surface area contributed by atoms with Gasteiger partial charge < -0.3 is 20.1 Å². The zero-order valence-corrected chi connectivity index (χ0v) is 27.9. The Hall–Kier alpha value is -2.45. The van der Waals surface area contributed by atoms with Crippen molar-refractivity contribution in [3.05, 3.63) is 83.4 Å². The highest BCUT2D eigenvalue weighted by molar-refractivity contribution is 7.97. The number of methoxy groups -OCH3 is 1. The molecule has 0 unspecified atom stereocenters. The summed E-state index contributed by atoms with van der Waals surface area (Å²) >= 11 is 7.76. The first kappa shape index (κ1) is 35.0. The van der Waals surface area contributed by atoms with Crippen LogP contribution in [0.2, 0.25) is 5.02 Å². The normalized spacial score (nSPS) is 20.2. The lowest BCUT2D eigenvalue weighted by Crippen LogP contribution is -2.46. The summed E-state index contributed by atoms with van der Waals surface area (Å²) < 4.78 is 12.1. The van der Waals surface area contributed by atoms with Crippen LogP contribution in [0.3, 0.4) is 0 Å². The number of hydrogen-bond donors (Lipinski definition) is 2. The summed E-state index contributed by atoms with van der Waals surface area (Å²) in [6, 6.07) is 11.8. The van der Waals surface area contributed by atoms with Crippen molar-refractivity contribution in [2.75, 3.05) is 31.7 Å². The number of amides is 1. The summed E-state index contributed by atoms with van der Waals surface area (Å²) in [5.74, 6) is 1.36. The largest absolute Gasteiger partial charge is 0.490 e. The van der Waals surface area contributed by atoms with Gasteiger partial charge in [0.2, 0.25) is 5.91 Å². The number of aryl methyl sites for hydroxylation is 1. The molecule has 1 spiro atoms. The first-order valence-electron chi connectivity index (χ1n) is 15.3. The van der Waals surface area contributed by atoms with Crippen molar-refractivity contribution < 1.29 is 14.3 Å². The second kappa shape index (κ2) is 16.6. The average molecular weight is 628 g/mol. The van der Waals surface area contributed by atoms with Crippen LogP contribution in [0.15, 0.2) is 61.7 Å². The number of fused-ring (bicyclic) bond motifs is 3. The summed E-state index contributed by atoms with van der Waals surface area (Å²) in [7, 11) is 1.74. The van der Waals surface area contributed by atoms with E-state index in [-0.39, 0.29) is 11.5 Å². The van der Waals surface area contributed by atoms with Crippen LogP contribution < -0.4 is 20.5 Å². The molecule has 43 heavy (non-hydrogen) atoms. The Bertz CT molecular complexity index is 1240. The summed E-state index contributed by atoms with van der Waals surface area (Å²) in [5.41, 5.74) is 9.53. The maximum atomic E-state index is 12.0. The Labute approximate surface area is 268 Å². The lowest BCUT2D eigenvalue weighted by Gasteiger charge is -2.41. The van der Waals surface area contributed by atoms with Gasteiger partial charge in [-0.3, -0.25) is 9.93 Å². The fourth-order valence-corrected chi connectivity index (χ4v) is 6.87. The highest BCUT2D eigenvalue weighted by atomic mass is 35.5. The predicted molar refractivity (Wildman–Crippen MR) is 183 cm³/mol. The summed E-state index contributed by atoms with van der Waals surface area (Å²) in [5, 5.41) is 6.71. The molecule has 2 aromatic rings. The van der Waals surface area contributed by atoms with Crippen molar-refractivity contribution in [3.63, 3.8) is 0 Å². The predicted octanol–water partition coefficient (Wildman–Crippen LogP) is 7.72. The molecule has 236 valence electrons. The van der Waals surface area contributed by atoms with Crippen molar-refractivity contribution in [1.29, 1.82) is 0 Å². The Morgan fingerprint density at radius 2 is 2.02 bits per heavy atom. The Balaban J connectivity index is 0.000000489. The summed E-state index contributed by atoms with van der Waals surface area (Å²) in [6.07, 6.45) is 10.00. The molecule has 8 heteroatoms. The SMILES string of the molecule is C=CC[C@H](C)[C@@H](C)SN.C=C[C@H](OC)[C@H](CC)CCN1C[C@@]2(CCCc3cc(Cl)ccc32)COc2ccc(C(N)=O)cc21. The van der Waals surface area contributed by atoms with Gasteiger partial charge in [0.15, 0.2) is 0 Å². The van der Waals surface area contributed by atoms with Gasteiger partial charge in [-0.05, 0) is 85.4 Å². The number of ether oxygens (including phenoxy) is 2. The van der Waals surface area contributed by atoms with Gasteiger partial charge in [0.25, 0.3) is 0 Å². The van der Waals surface area contributed by atoms with E-state index >= 15 is 0 Å². The second-order valence-corrected chi connectivity index (χ2v) is 13.4. The summed E-state index contributed by atoms with van der Waals surface area (Å²) in [6.45, 7) is 16.3. The first-order valence-corrected chi connectivity index (χ1v) is 16.7. The monoisotopic (exact) mass is 627 g/mol. The molecule has 0 saturated carbocycles. The van der Waals surface area contributed by atoms with Crippen LogP contribution in [0.5, 0.6) is 5.75 Å². The number of halogens is 1. The molecule has 1 aliphatic heterocycles. The van der Waals surface area contributed by atoms with E-state index in [1.807, 2.05) is 30.4 Å². The van der Waals surface area contributed by atoms with Crippen LogP contribution in [-0.4, -0.2) is 44.1 Å². The van der Waals surface area contributed by atoms with Gasteiger partial charge >= 0.3 is 0 Å². The van der Waals surface area contributed by atoms with Crippen molar-refractivity contribution in [2.45, 2.75) is 76.1 Å². The fourth-order valence-electron chi connectivity index (χ4n) is 6.30. The number of hydrogen-bond acceptors (Lipinski definition) is 6. The fraction of sp³-hybridized carbons (Fsp3) is 0.514. The molecule has 1 amide bonds. The number of carbonyl (C=O) groups is 1. The molecule has 1 heterocycles. The maximum Gasteiger partial charge on any atom is 0.248 e. The van der Waals surface area contributed by atoms with Gasteiger partial charge in [-0.2, -0.15) is 0 Å². The van der Waals surface area contributed by atoms with E-state index in [4.69, 9.17) is 31.9 Å². The van der Waals surface area contributed by atoms with Crippen molar-refractivity contribution in [3.8, 4) is 5.75 Å². The topological polar surface area (TPSA) is 90.8 Å². The molecular formula is C35H50ClN3O3S. The zero-order valence-electron chi connectivity index (χ0n) is 26.3. The molecule has 0 radical (unpaired) electrons. The number of nitrogens with two attached hydrogens (primary N) is 2. The number of anilines is 1. The van der Waals surface area contributed by atoms with Gasteiger partial charge in [-0.1, -0.05) is 69.0 Å². The van der Waals surface area contributed by atoms with Crippen LogP contribution >= 0.6 is 23.5 Å². The molecule has 6 nitrogen and oxygen atoms in total.